The standard InChI is InChI=1S/C19H29NO3/c1-3-17(16-8-5-4-6-9-16)18-10-7-12-20(18)19(21)11-13-23-15-14-22-2/h4-6,8-9,17-18H,3,7,10-15H2,1-2H3. The molecule has 0 saturated carbocycles. The molecule has 0 radical (unpaired) electrons. The van der Waals surface area contributed by atoms with Crippen molar-refractivity contribution in [3.63, 3.8) is 0 Å². The van der Waals surface area contributed by atoms with Gasteiger partial charge in [-0.25, -0.2) is 0 Å². The molecule has 1 aliphatic rings. The van der Waals surface area contributed by atoms with E-state index < -0.39 is 0 Å². The molecule has 0 N–H and O–H groups in total. The highest BCUT2D eigenvalue weighted by Crippen LogP contribution is 2.33. The topological polar surface area (TPSA) is 38.8 Å². The highest BCUT2D eigenvalue weighted by atomic mass is 16.5. The van der Waals surface area contributed by atoms with Gasteiger partial charge in [0.05, 0.1) is 26.2 Å². The monoisotopic (exact) mass is 319 g/mol. The van der Waals surface area contributed by atoms with Gasteiger partial charge in [0.25, 0.3) is 0 Å². The molecule has 1 aromatic carbocycles. The van der Waals surface area contributed by atoms with Crippen molar-refractivity contribution in [3.8, 4) is 0 Å². The van der Waals surface area contributed by atoms with Crippen LogP contribution in [0.5, 0.6) is 0 Å². The first-order chi connectivity index (χ1) is 11.3. The number of hydrogen-bond acceptors (Lipinski definition) is 3. The highest BCUT2D eigenvalue weighted by molar-refractivity contribution is 5.77. The van der Waals surface area contributed by atoms with Gasteiger partial charge in [-0.05, 0) is 24.8 Å². The highest BCUT2D eigenvalue weighted by Gasteiger charge is 2.34. The molecule has 0 bridgehead atoms. The maximum atomic E-state index is 12.6. The summed E-state index contributed by atoms with van der Waals surface area (Å²) >= 11 is 0. The summed E-state index contributed by atoms with van der Waals surface area (Å²) in [6.45, 7) is 4.70. The van der Waals surface area contributed by atoms with E-state index in [0.717, 1.165) is 25.8 Å². The van der Waals surface area contributed by atoms with E-state index in [9.17, 15) is 4.79 Å². The average Bonchev–Trinajstić information content (AvgIpc) is 3.06. The van der Waals surface area contributed by atoms with Gasteiger partial charge < -0.3 is 14.4 Å². The Balaban J connectivity index is 1.92. The smallest absolute Gasteiger partial charge is 0.225 e. The minimum absolute atomic E-state index is 0.222. The average molecular weight is 319 g/mol. The molecular formula is C19H29NO3. The van der Waals surface area contributed by atoms with Crippen LogP contribution in [0.25, 0.3) is 0 Å². The Bertz CT molecular complexity index is 463. The van der Waals surface area contributed by atoms with E-state index in [1.807, 2.05) is 6.07 Å². The predicted octanol–water partition coefficient (Wildman–Crippen LogP) is 3.22. The Morgan fingerprint density at radius 3 is 2.74 bits per heavy atom. The molecule has 1 amide bonds. The molecule has 23 heavy (non-hydrogen) atoms. The lowest BCUT2D eigenvalue weighted by Crippen LogP contribution is -2.39. The summed E-state index contributed by atoms with van der Waals surface area (Å²) in [5, 5.41) is 0. The number of carbonyl (C=O) groups is 1. The number of ether oxygens (including phenoxy) is 2. The second-order valence-electron chi connectivity index (χ2n) is 6.08. The zero-order valence-electron chi connectivity index (χ0n) is 14.4. The summed E-state index contributed by atoms with van der Waals surface area (Å²) in [5.74, 6) is 0.649. The molecule has 0 aromatic heterocycles. The van der Waals surface area contributed by atoms with E-state index in [1.54, 1.807) is 7.11 Å². The maximum absolute atomic E-state index is 12.6. The summed E-state index contributed by atoms with van der Waals surface area (Å²) in [5.41, 5.74) is 1.34. The van der Waals surface area contributed by atoms with Crippen LogP contribution in [0.1, 0.15) is 44.1 Å². The number of carbonyl (C=O) groups excluding carboxylic acids is 1. The van der Waals surface area contributed by atoms with Crippen LogP contribution in [0.4, 0.5) is 0 Å². The summed E-state index contributed by atoms with van der Waals surface area (Å²) < 4.78 is 10.4. The SMILES string of the molecule is CCC(c1ccccc1)C1CCCN1C(=O)CCOCCOC. The molecule has 0 spiro atoms. The minimum atomic E-state index is 0.222. The molecule has 1 saturated heterocycles. The number of rotatable bonds is 9. The first-order valence-electron chi connectivity index (χ1n) is 8.69. The lowest BCUT2D eigenvalue weighted by Gasteiger charge is -2.31. The molecule has 4 heteroatoms. The van der Waals surface area contributed by atoms with E-state index in [2.05, 4.69) is 36.1 Å². The Labute approximate surface area is 139 Å². The van der Waals surface area contributed by atoms with Crippen LogP contribution in [0.15, 0.2) is 30.3 Å². The molecule has 1 aromatic rings. The van der Waals surface area contributed by atoms with Crippen LogP contribution in [0, 0.1) is 0 Å². The van der Waals surface area contributed by atoms with Gasteiger partial charge in [-0.2, -0.15) is 0 Å². The van der Waals surface area contributed by atoms with Gasteiger partial charge in [-0.15, -0.1) is 0 Å². The third kappa shape index (κ3) is 5.05. The number of methoxy groups -OCH3 is 1. The fraction of sp³-hybridized carbons (Fsp3) is 0.632. The summed E-state index contributed by atoms with van der Waals surface area (Å²) in [6, 6.07) is 10.9. The van der Waals surface area contributed by atoms with Gasteiger partial charge in [-0.3, -0.25) is 4.79 Å². The van der Waals surface area contributed by atoms with Crippen molar-refractivity contribution in [2.24, 2.45) is 0 Å². The van der Waals surface area contributed by atoms with Crippen molar-refractivity contribution in [1.82, 2.24) is 4.90 Å². The third-order valence-corrected chi connectivity index (χ3v) is 4.64. The second kappa shape index (κ2) is 9.68. The lowest BCUT2D eigenvalue weighted by molar-refractivity contribution is -0.133. The van der Waals surface area contributed by atoms with Gasteiger partial charge in [-0.1, -0.05) is 37.3 Å². The summed E-state index contributed by atoms with van der Waals surface area (Å²) in [4.78, 5) is 14.6. The number of likely N-dealkylation sites (tertiary alicyclic amines) is 1. The van der Waals surface area contributed by atoms with Crippen molar-refractivity contribution in [1.29, 1.82) is 0 Å². The first-order valence-corrected chi connectivity index (χ1v) is 8.69. The molecule has 1 aliphatic heterocycles. The van der Waals surface area contributed by atoms with Gasteiger partial charge in [0.2, 0.25) is 5.91 Å². The number of benzene rings is 1. The van der Waals surface area contributed by atoms with Crippen LogP contribution in [0.3, 0.4) is 0 Å². The number of amides is 1. The van der Waals surface area contributed by atoms with Crippen molar-refractivity contribution in [2.75, 3.05) is 33.5 Å². The van der Waals surface area contributed by atoms with Crippen LogP contribution in [-0.2, 0) is 14.3 Å². The van der Waals surface area contributed by atoms with E-state index in [0.29, 0.717) is 38.2 Å². The van der Waals surface area contributed by atoms with Crippen molar-refractivity contribution in [3.05, 3.63) is 35.9 Å². The third-order valence-electron chi connectivity index (χ3n) is 4.64. The van der Waals surface area contributed by atoms with E-state index in [-0.39, 0.29) is 5.91 Å². The molecule has 4 nitrogen and oxygen atoms in total. The van der Waals surface area contributed by atoms with Gasteiger partial charge in [0.15, 0.2) is 0 Å². The quantitative estimate of drug-likeness (QED) is 0.656. The fourth-order valence-electron chi connectivity index (χ4n) is 3.50. The Morgan fingerprint density at radius 2 is 2.04 bits per heavy atom. The molecule has 2 atom stereocenters. The number of nitrogens with zero attached hydrogens (tertiary/aromatic N) is 1. The molecule has 1 fully saturated rings. The van der Waals surface area contributed by atoms with Crippen molar-refractivity contribution >= 4 is 5.91 Å². The van der Waals surface area contributed by atoms with Crippen LogP contribution in [-0.4, -0.2) is 50.3 Å². The molecular weight excluding hydrogens is 290 g/mol. The summed E-state index contributed by atoms with van der Waals surface area (Å²) in [6.07, 6.45) is 3.72. The predicted molar refractivity (Wildman–Crippen MR) is 91.5 cm³/mol. The van der Waals surface area contributed by atoms with Crippen molar-refractivity contribution in [2.45, 2.75) is 44.6 Å². The van der Waals surface area contributed by atoms with Crippen molar-refractivity contribution < 1.29 is 14.3 Å². The largest absolute Gasteiger partial charge is 0.382 e. The number of hydrogen-bond donors (Lipinski definition) is 0. The van der Waals surface area contributed by atoms with E-state index in [4.69, 9.17) is 9.47 Å². The van der Waals surface area contributed by atoms with Gasteiger partial charge in [0.1, 0.15) is 0 Å². The van der Waals surface area contributed by atoms with Crippen LogP contribution < -0.4 is 0 Å². The summed E-state index contributed by atoms with van der Waals surface area (Å²) in [7, 11) is 1.65. The molecule has 2 unspecified atom stereocenters. The first kappa shape index (κ1) is 18.0. The molecule has 128 valence electrons. The molecule has 0 aliphatic carbocycles. The Kier molecular flexibility index (Phi) is 7.56. The fourth-order valence-corrected chi connectivity index (χ4v) is 3.50. The maximum Gasteiger partial charge on any atom is 0.225 e. The Morgan fingerprint density at radius 1 is 1.26 bits per heavy atom. The normalized spacial score (nSPS) is 19.0. The van der Waals surface area contributed by atoms with Crippen LogP contribution >= 0.6 is 0 Å². The van der Waals surface area contributed by atoms with Crippen LogP contribution in [0.2, 0.25) is 0 Å². The van der Waals surface area contributed by atoms with Gasteiger partial charge >= 0.3 is 0 Å². The van der Waals surface area contributed by atoms with E-state index >= 15 is 0 Å². The lowest BCUT2D eigenvalue weighted by atomic mass is 9.87. The second-order valence-corrected chi connectivity index (χ2v) is 6.08. The molecule has 1 heterocycles. The molecule has 2 rings (SSSR count). The Hall–Kier alpha value is -1.39. The zero-order valence-corrected chi connectivity index (χ0v) is 14.4. The van der Waals surface area contributed by atoms with Gasteiger partial charge in [0, 0.05) is 25.6 Å². The van der Waals surface area contributed by atoms with E-state index in [1.165, 1.54) is 5.56 Å². The zero-order chi connectivity index (χ0) is 16.5. The minimum Gasteiger partial charge on any atom is -0.382 e.